The van der Waals surface area contributed by atoms with E-state index in [0.29, 0.717) is 0 Å². The zero-order valence-electron chi connectivity index (χ0n) is 35.7. The number of carbonyl (C=O) groups excluding carboxylic acids is 6. The summed E-state index contributed by atoms with van der Waals surface area (Å²) in [5.74, 6) is -139. The molecule has 3 aliphatic carbocycles. The van der Waals surface area contributed by atoms with E-state index in [0.717, 1.165) is 0 Å². The molecular weight excluding hydrogens is 1230 g/mol. The van der Waals surface area contributed by atoms with E-state index in [1.165, 1.54) is 0 Å². The average Bonchev–Trinajstić information content (AvgIpc) is 3.13. The summed E-state index contributed by atoms with van der Waals surface area (Å²) in [6.45, 7) is -2.80. The van der Waals surface area contributed by atoms with Crippen LogP contribution in [0, 0.1) is 16.2 Å². The van der Waals surface area contributed by atoms with E-state index in [4.69, 9.17) is 0 Å². The van der Waals surface area contributed by atoms with Crippen molar-refractivity contribution in [3.8, 4) is 0 Å². The normalized spacial score (nSPS) is 28.3. The van der Waals surface area contributed by atoms with Gasteiger partial charge in [-0.15, -0.1) is 0 Å². The number of hydrogen-bond acceptors (Lipinski definition) is 8. The van der Waals surface area contributed by atoms with Gasteiger partial charge in [0.1, 0.15) is 0 Å². The van der Waals surface area contributed by atoms with Gasteiger partial charge in [-0.2, -0.15) is 145 Å². The SMILES string of the molecule is C[Si](C)(NC(=O)C1(C(=O)F)C(F)(F)C(F)(F)C(F)(F)C(F)(F)C1(F)F)O[Si](C)(NC(=O)C1(C(=O)F)C(F)(F)C(F)(F)C(F)(F)C(F)(F)C1(F)F)O[Si](C)(C)NC(=O)C1(C(=O)F)C(F)(F)C(F)(F)C(F)(F)C(F)(F)C1(F)F. The molecule has 3 rings (SSSR count). The summed E-state index contributed by atoms with van der Waals surface area (Å²) < 4.78 is 493. The van der Waals surface area contributed by atoms with Crippen LogP contribution in [0.3, 0.4) is 0 Å². The van der Waals surface area contributed by atoms with Crippen molar-refractivity contribution >= 4 is 61.5 Å². The monoisotopic (exact) mass is 1250 g/mol. The molecule has 0 heterocycles. The van der Waals surface area contributed by atoms with E-state index >= 15 is 52.7 Å². The molecule has 11 nitrogen and oxygen atoms in total. The minimum atomic E-state index is -8.49. The molecule has 76 heavy (non-hydrogen) atoms. The third-order valence-corrected chi connectivity index (χ3v) is 21.1. The smallest absolute Gasteiger partial charge is 0.404 e. The first-order valence-corrected chi connectivity index (χ1v) is 26.4. The van der Waals surface area contributed by atoms with Crippen molar-refractivity contribution < 1.29 is 182 Å². The fourth-order valence-corrected chi connectivity index (χ4v) is 19.0. The van der Waals surface area contributed by atoms with E-state index < -0.39 is 199 Å². The van der Waals surface area contributed by atoms with E-state index in [1.54, 1.807) is 0 Å². The van der Waals surface area contributed by atoms with Gasteiger partial charge in [0.25, 0.3) is 33.2 Å². The van der Waals surface area contributed by atoms with Gasteiger partial charge in [0.15, 0.2) is 0 Å². The molecule has 0 bridgehead atoms. The Morgan fingerprint density at radius 3 is 0.539 bits per heavy atom. The first kappa shape index (κ1) is 66.0. The Morgan fingerprint density at radius 1 is 0.263 bits per heavy atom. The molecule has 3 amide bonds. The van der Waals surface area contributed by atoms with E-state index in [-0.39, 0.29) is 14.9 Å². The van der Waals surface area contributed by atoms with Crippen LogP contribution < -0.4 is 14.9 Å². The lowest BCUT2D eigenvalue weighted by Crippen LogP contribution is -2.87. The zero-order chi connectivity index (χ0) is 61.5. The highest BCUT2D eigenvalue weighted by Gasteiger charge is 3.07. The third kappa shape index (κ3) is 6.75. The number of hydrogen-bond donors (Lipinski definition) is 3. The van der Waals surface area contributed by atoms with Crippen LogP contribution in [0.2, 0.25) is 32.7 Å². The van der Waals surface area contributed by atoms with Crippen LogP contribution in [0.1, 0.15) is 0 Å². The van der Waals surface area contributed by atoms with Gasteiger partial charge in [-0.25, -0.2) is 0 Å². The summed E-state index contributed by atoms with van der Waals surface area (Å²) in [7, 11) is -21.0. The standard InChI is InChI=1S/C29H18F33N3O8Si3/c1-74(2,63-9(69)12(6(30)66)15(33,34)21(45,46)27(57,58)22(47,48)16(12,35)36)72-76(5,65-11(71)14(8(32)68)19(41,42)25(53,54)29(61,62)26(55,56)20(14,43)44)73-75(3,4)64-10(70)13(7(31)67)17(37,38)23(49,50)28(59,60)24(51,52)18(13,39)40/h1-5H3,(H,63,69)(H,64,70)(H,65,71). The van der Waals surface area contributed by atoms with Crippen LogP contribution in [0.15, 0.2) is 0 Å². The van der Waals surface area contributed by atoms with Crippen molar-refractivity contribution in [1.82, 2.24) is 14.9 Å². The summed E-state index contributed by atoms with van der Waals surface area (Å²) in [5.41, 5.74) is -23.4. The van der Waals surface area contributed by atoms with E-state index in [1.807, 2.05) is 0 Å². The van der Waals surface area contributed by atoms with E-state index in [9.17, 15) is 121 Å². The first-order valence-electron chi connectivity index (χ1n) is 18.3. The van der Waals surface area contributed by atoms with Gasteiger partial charge in [-0.3, -0.25) is 28.8 Å². The molecule has 3 saturated carbocycles. The molecule has 0 spiro atoms. The molecule has 3 aliphatic rings. The molecule has 0 aromatic heterocycles. The Bertz CT molecular complexity index is 2300. The Kier molecular flexibility index (Phi) is 14.2. The van der Waals surface area contributed by atoms with E-state index in [2.05, 4.69) is 8.23 Å². The van der Waals surface area contributed by atoms with Gasteiger partial charge in [0.05, 0.1) is 0 Å². The maximum atomic E-state index is 15.3. The average molecular weight is 1250 g/mol. The van der Waals surface area contributed by atoms with Gasteiger partial charge in [0.2, 0.25) is 17.7 Å². The van der Waals surface area contributed by atoms with Gasteiger partial charge < -0.3 is 23.2 Å². The molecule has 0 saturated heterocycles. The Balaban J connectivity index is 2.51. The van der Waals surface area contributed by atoms with Gasteiger partial charge in [-0.1, -0.05) is 0 Å². The minimum absolute atomic E-state index is 0.0890. The van der Waals surface area contributed by atoms with Crippen molar-refractivity contribution in [1.29, 1.82) is 0 Å². The third-order valence-electron chi connectivity index (χ3n) is 11.5. The fraction of sp³-hybridized carbons (Fsp3) is 0.793. The molecular formula is C29H18F33N3O8Si3. The molecule has 0 aromatic rings. The Morgan fingerprint density at radius 2 is 0.395 bits per heavy atom. The number of alkyl halides is 30. The van der Waals surface area contributed by atoms with Crippen molar-refractivity contribution in [2.75, 3.05) is 0 Å². The van der Waals surface area contributed by atoms with Gasteiger partial charge in [0, 0.05) is 0 Å². The fourth-order valence-electron chi connectivity index (χ4n) is 7.77. The van der Waals surface area contributed by atoms with Crippen molar-refractivity contribution in [2.24, 2.45) is 16.2 Å². The summed E-state index contributed by atoms with van der Waals surface area (Å²) in [4.78, 5) is 74.9. The second-order valence-corrected chi connectivity index (χ2v) is 27.5. The van der Waals surface area contributed by atoms with Crippen LogP contribution in [0.5, 0.6) is 0 Å². The maximum absolute atomic E-state index is 15.3. The zero-order valence-corrected chi connectivity index (χ0v) is 38.7. The second-order valence-electron chi connectivity index (χ2n) is 17.2. The van der Waals surface area contributed by atoms with Crippen molar-refractivity contribution in [2.45, 2.75) is 122 Å². The molecule has 3 N–H and O–H groups in total. The highest BCUT2D eigenvalue weighted by atomic mass is 28.5. The van der Waals surface area contributed by atoms with Crippen LogP contribution in [0.25, 0.3) is 0 Å². The lowest BCUT2D eigenvalue weighted by Gasteiger charge is -2.54. The minimum Gasteiger partial charge on any atom is -0.404 e. The largest absolute Gasteiger partial charge is 0.437 e. The molecule has 0 radical (unpaired) electrons. The number of amides is 3. The van der Waals surface area contributed by atoms with Crippen LogP contribution in [-0.4, -0.2) is 150 Å². The Hall–Kier alpha value is -4.32. The molecule has 0 aliphatic heterocycles. The molecule has 47 heteroatoms. The van der Waals surface area contributed by atoms with Crippen molar-refractivity contribution in [3.05, 3.63) is 0 Å². The van der Waals surface area contributed by atoms with Gasteiger partial charge >= 0.3 is 116 Å². The highest BCUT2D eigenvalue weighted by molar-refractivity contribution is 6.88. The molecule has 440 valence electrons. The van der Waals surface area contributed by atoms with Crippen LogP contribution in [0.4, 0.5) is 145 Å². The summed E-state index contributed by atoms with van der Waals surface area (Å²) >= 11 is 0. The summed E-state index contributed by atoms with van der Waals surface area (Å²) in [6, 6.07) is -15.9. The molecule has 3 fully saturated rings. The van der Waals surface area contributed by atoms with Gasteiger partial charge in [-0.05, 0) is 32.7 Å². The number of nitrogens with one attached hydrogen (secondary N) is 3. The topological polar surface area (TPSA) is 157 Å². The van der Waals surface area contributed by atoms with Crippen molar-refractivity contribution in [3.63, 3.8) is 0 Å². The predicted molar refractivity (Wildman–Crippen MR) is 173 cm³/mol. The maximum Gasteiger partial charge on any atom is 0.437 e. The molecule has 0 aromatic carbocycles. The van der Waals surface area contributed by atoms with Crippen LogP contribution >= 0.6 is 0 Å². The summed E-state index contributed by atoms with van der Waals surface area (Å²) in [6.07, 6.45) is 0. The van der Waals surface area contributed by atoms with Crippen LogP contribution in [-0.2, 0) is 37.0 Å². The number of carbonyl (C=O) groups is 6. The Labute approximate surface area is 396 Å². The lowest BCUT2D eigenvalue weighted by molar-refractivity contribution is -0.471. The molecule has 0 unspecified atom stereocenters. The molecule has 0 atom stereocenters. The predicted octanol–water partition coefficient (Wildman–Crippen LogP) is 8.36. The second kappa shape index (κ2) is 16.4. The highest BCUT2D eigenvalue weighted by Crippen LogP contribution is 2.75. The lowest BCUT2D eigenvalue weighted by atomic mass is 9.62. The number of rotatable bonds is 13. The quantitative estimate of drug-likeness (QED) is 0.0720. The summed E-state index contributed by atoms with van der Waals surface area (Å²) in [5, 5.41) is 0. The first-order chi connectivity index (χ1) is 32.6. The number of halogens is 33.